The Kier molecular flexibility index (Phi) is 16.0. The molecule has 1 aromatic rings. The molecule has 0 spiro atoms. The minimum absolute atomic E-state index is 0.00211. The van der Waals surface area contributed by atoms with Gasteiger partial charge in [-0.2, -0.15) is 0 Å². The van der Waals surface area contributed by atoms with Gasteiger partial charge in [-0.25, -0.2) is 9.59 Å². The smallest absolute Gasteiger partial charge is 0.410 e. The molecule has 0 radical (unpaired) electrons. The maximum atomic E-state index is 13.1. The van der Waals surface area contributed by atoms with Gasteiger partial charge in [-0.1, -0.05) is 45.9 Å². The molecule has 0 aliphatic heterocycles. The van der Waals surface area contributed by atoms with Gasteiger partial charge < -0.3 is 42.4 Å². The Balaban J connectivity index is 2.87. The van der Waals surface area contributed by atoms with Crippen LogP contribution < -0.4 is 37.6 Å². The molecule has 0 aliphatic carbocycles. The fourth-order valence-electron chi connectivity index (χ4n) is 4.12. The van der Waals surface area contributed by atoms with Crippen molar-refractivity contribution in [2.45, 2.75) is 52.8 Å². The number of amides is 7. The van der Waals surface area contributed by atoms with E-state index in [1.165, 1.54) is 25.1 Å². The van der Waals surface area contributed by atoms with Crippen molar-refractivity contribution < 1.29 is 33.5 Å². The molecule has 8 N–H and O–H groups in total. The number of rotatable bonds is 16. The van der Waals surface area contributed by atoms with E-state index < -0.39 is 41.9 Å². The lowest BCUT2D eigenvalue weighted by atomic mass is 10.0. The number of urea groups is 1. The lowest BCUT2D eigenvalue weighted by Gasteiger charge is -2.29. The fraction of sp³-hybridized carbons (Fsp3) is 0.517. The van der Waals surface area contributed by atoms with E-state index in [2.05, 4.69) is 31.9 Å². The largest absolute Gasteiger partial charge is 0.445 e. The molecule has 0 saturated carbocycles. The van der Waals surface area contributed by atoms with Crippen molar-refractivity contribution in [2.24, 2.45) is 17.6 Å². The first-order chi connectivity index (χ1) is 20.7. The molecule has 244 valence electrons. The lowest BCUT2D eigenvalue weighted by molar-refractivity contribution is -0.129. The summed E-state index contributed by atoms with van der Waals surface area (Å²) in [6, 6.07) is 4.40. The summed E-state index contributed by atoms with van der Waals surface area (Å²) in [5.41, 5.74) is 6.12. The van der Waals surface area contributed by atoms with Gasteiger partial charge in [0.25, 0.3) is 5.91 Å². The summed E-state index contributed by atoms with van der Waals surface area (Å²) in [6.07, 6.45) is 1.00. The number of primary amides is 1. The van der Waals surface area contributed by atoms with Crippen LogP contribution in [0.5, 0.6) is 0 Å². The van der Waals surface area contributed by atoms with E-state index in [0.717, 1.165) is 0 Å². The summed E-state index contributed by atoms with van der Waals surface area (Å²) in [6.45, 7) is 7.14. The molecule has 44 heavy (non-hydrogen) atoms. The van der Waals surface area contributed by atoms with E-state index in [1.807, 2.05) is 13.8 Å². The van der Waals surface area contributed by atoms with Crippen molar-refractivity contribution in [2.75, 3.05) is 39.5 Å². The first kappa shape index (κ1) is 37.4. The van der Waals surface area contributed by atoms with Crippen LogP contribution in [0.3, 0.4) is 0 Å². The van der Waals surface area contributed by atoms with E-state index in [1.54, 1.807) is 45.2 Å². The van der Waals surface area contributed by atoms with Gasteiger partial charge >= 0.3 is 12.1 Å². The number of carbonyl (C=O) groups excluding carboxylic acids is 6. The highest BCUT2D eigenvalue weighted by Gasteiger charge is 2.31. The van der Waals surface area contributed by atoms with Crippen LogP contribution in [0.25, 0.3) is 0 Å². The molecular formula is C29H46N8O7. The summed E-state index contributed by atoms with van der Waals surface area (Å²) >= 11 is 0. The summed E-state index contributed by atoms with van der Waals surface area (Å²) in [5.74, 6) is -2.11. The van der Waals surface area contributed by atoms with Crippen molar-refractivity contribution >= 4 is 41.4 Å². The summed E-state index contributed by atoms with van der Waals surface area (Å²) < 4.78 is 5.38. The molecule has 15 heteroatoms. The second kappa shape index (κ2) is 18.8. The third-order valence-electron chi connectivity index (χ3n) is 6.44. The van der Waals surface area contributed by atoms with Gasteiger partial charge in [0.15, 0.2) is 0 Å². The van der Waals surface area contributed by atoms with Crippen LogP contribution in [0, 0.1) is 11.8 Å². The molecule has 0 unspecified atom stereocenters. The van der Waals surface area contributed by atoms with Crippen LogP contribution >= 0.6 is 0 Å². The second-order valence-electron chi connectivity index (χ2n) is 10.6. The van der Waals surface area contributed by atoms with E-state index in [-0.39, 0.29) is 49.6 Å². The quantitative estimate of drug-likeness (QED) is 0.101. The molecule has 7 amide bonds. The normalized spacial score (nSPS) is 12.5. The Labute approximate surface area is 258 Å². The SMILES string of the molecule is CNC(=O)CNC(=O)[C@H](C(C)C)N(C)C(=O)OCc1ccc(NC(=O)C(=CCCNC(N)=O)NC(=O)[C@@H](NC)C(C)C)cc1. The zero-order valence-electron chi connectivity index (χ0n) is 26.4. The van der Waals surface area contributed by atoms with Crippen molar-refractivity contribution in [3.05, 3.63) is 41.6 Å². The fourth-order valence-corrected chi connectivity index (χ4v) is 4.12. The van der Waals surface area contributed by atoms with Gasteiger partial charge in [0, 0.05) is 26.3 Å². The zero-order chi connectivity index (χ0) is 33.4. The highest BCUT2D eigenvalue weighted by molar-refractivity contribution is 6.06. The maximum absolute atomic E-state index is 13.1. The molecule has 0 aliphatic rings. The highest BCUT2D eigenvalue weighted by atomic mass is 16.6. The van der Waals surface area contributed by atoms with E-state index >= 15 is 0 Å². The maximum Gasteiger partial charge on any atom is 0.410 e. The predicted octanol–water partition coefficient (Wildman–Crippen LogP) is 0.383. The van der Waals surface area contributed by atoms with E-state index in [0.29, 0.717) is 11.3 Å². The number of likely N-dealkylation sites (N-methyl/N-ethyl adjacent to an activating group) is 3. The van der Waals surface area contributed by atoms with E-state index in [9.17, 15) is 28.8 Å². The van der Waals surface area contributed by atoms with E-state index in [4.69, 9.17) is 10.5 Å². The zero-order valence-corrected chi connectivity index (χ0v) is 26.4. The molecule has 0 fully saturated rings. The van der Waals surface area contributed by atoms with Gasteiger partial charge in [-0.15, -0.1) is 0 Å². The van der Waals surface area contributed by atoms with Crippen LogP contribution in [0.1, 0.15) is 39.7 Å². The molecule has 1 rings (SSSR count). The van der Waals surface area contributed by atoms with Gasteiger partial charge in [-0.3, -0.25) is 24.1 Å². The predicted molar refractivity (Wildman–Crippen MR) is 165 cm³/mol. The number of anilines is 1. The van der Waals surface area contributed by atoms with Crippen molar-refractivity contribution in [3.8, 4) is 0 Å². The number of benzene rings is 1. The first-order valence-corrected chi connectivity index (χ1v) is 14.2. The van der Waals surface area contributed by atoms with Gasteiger partial charge in [0.1, 0.15) is 18.3 Å². The Morgan fingerprint density at radius 2 is 1.57 bits per heavy atom. The van der Waals surface area contributed by atoms with Crippen LogP contribution in [0.15, 0.2) is 36.0 Å². The molecule has 0 heterocycles. The Morgan fingerprint density at radius 1 is 0.932 bits per heavy atom. The minimum Gasteiger partial charge on any atom is -0.445 e. The number of hydrogen-bond acceptors (Lipinski definition) is 8. The number of hydrogen-bond donors (Lipinski definition) is 7. The van der Waals surface area contributed by atoms with Crippen molar-refractivity contribution in [1.29, 1.82) is 0 Å². The Morgan fingerprint density at radius 3 is 2.09 bits per heavy atom. The van der Waals surface area contributed by atoms with Crippen LogP contribution in [0.2, 0.25) is 0 Å². The molecule has 1 aromatic carbocycles. The number of nitrogens with two attached hydrogens (primary N) is 1. The van der Waals surface area contributed by atoms with Crippen molar-refractivity contribution in [3.63, 3.8) is 0 Å². The standard InChI is InChI=1S/C29H46N8O7/c1-17(2)23(32-6)26(40)36-21(9-8-14-33-28(30)42)25(39)35-20-12-10-19(11-13-20)16-44-29(43)37(7)24(18(3)4)27(41)34-15-22(38)31-5/h9-13,17-18,23-24,32H,8,14-16H2,1-7H3,(H,31,38)(H,34,41)(H,35,39)(H,36,40)(H3,30,33,42)/t23-,24-/m0/s1. The third-order valence-corrected chi connectivity index (χ3v) is 6.44. The average molecular weight is 619 g/mol. The lowest BCUT2D eigenvalue weighted by Crippen LogP contribution is -2.52. The first-order valence-electron chi connectivity index (χ1n) is 14.2. The molecule has 0 bridgehead atoms. The number of nitrogens with one attached hydrogen (secondary N) is 6. The average Bonchev–Trinajstić information content (AvgIpc) is 2.96. The summed E-state index contributed by atoms with van der Waals surface area (Å²) in [4.78, 5) is 74.7. The Bertz CT molecular complexity index is 1180. The van der Waals surface area contributed by atoms with Gasteiger partial charge in [0.2, 0.25) is 17.7 Å². The van der Waals surface area contributed by atoms with Crippen LogP contribution in [0.4, 0.5) is 15.3 Å². The van der Waals surface area contributed by atoms with Crippen LogP contribution in [-0.2, 0) is 30.5 Å². The topological polar surface area (TPSA) is 213 Å². The summed E-state index contributed by atoms with van der Waals surface area (Å²) in [7, 11) is 4.55. The summed E-state index contributed by atoms with van der Waals surface area (Å²) in [5, 5.41) is 15.6. The molecule has 2 atom stereocenters. The van der Waals surface area contributed by atoms with Gasteiger partial charge in [0.05, 0.1) is 12.6 Å². The van der Waals surface area contributed by atoms with Gasteiger partial charge in [-0.05, 0) is 43.0 Å². The minimum atomic E-state index is -0.858. The van der Waals surface area contributed by atoms with Crippen molar-refractivity contribution in [1.82, 2.24) is 31.5 Å². The highest BCUT2D eigenvalue weighted by Crippen LogP contribution is 2.15. The second-order valence-corrected chi connectivity index (χ2v) is 10.6. The molecule has 15 nitrogen and oxygen atoms in total. The molecule has 0 saturated heterocycles. The molecular weight excluding hydrogens is 572 g/mol. The number of nitrogens with zero attached hydrogens (tertiary/aromatic N) is 1. The Hall–Kier alpha value is -4.66. The number of carbonyl (C=O) groups is 6. The molecule has 0 aromatic heterocycles. The monoisotopic (exact) mass is 618 g/mol. The third kappa shape index (κ3) is 12.7. The number of ether oxygens (including phenoxy) is 1. The van der Waals surface area contributed by atoms with Crippen LogP contribution in [-0.4, -0.2) is 87.0 Å².